The number of para-hydroxylation sites is 1. The number of aromatic nitrogens is 2. The minimum atomic E-state index is -0.00955. The summed E-state index contributed by atoms with van der Waals surface area (Å²) in [5.41, 5.74) is 10.1. The van der Waals surface area contributed by atoms with Crippen LogP contribution in [0.2, 0.25) is 0 Å². The molecule has 2 aromatic heterocycles. The quantitative estimate of drug-likeness (QED) is 0.161. The monoisotopic (exact) mass is 890 g/mol. The second-order valence-electron chi connectivity index (χ2n) is 17.2. The third-order valence-corrected chi connectivity index (χ3v) is 10.2. The summed E-state index contributed by atoms with van der Waals surface area (Å²) < 4.78 is 8.78. The van der Waals surface area contributed by atoms with Gasteiger partial charge in [0.15, 0.2) is 0 Å². The van der Waals surface area contributed by atoms with Gasteiger partial charge in [0, 0.05) is 61.3 Å². The van der Waals surface area contributed by atoms with Gasteiger partial charge in [0.2, 0.25) is 0 Å². The van der Waals surface area contributed by atoms with E-state index in [2.05, 4.69) is 186 Å². The molecule has 1 aliphatic heterocycles. The molecule has 6 heteroatoms. The Bertz CT molecular complexity index is 2490. The molecule has 0 unspecified atom stereocenters. The molecular formula is C48H47N4OPt-3. The van der Waals surface area contributed by atoms with Crippen LogP contribution in [0.3, 0.4) is 0 Å². The van der Waals surface area contributed by atoms with Gasteiger partial charge in [-0.1, -0.05) is 104 Å². The molecule has 0 radical (unpaired) electrons. The van der Waals surface area contributed by atoms with Crippen molar-refractivity contribution in [2.24, 2.45) is 0 Å². The van der Waals surface area contributed by atoms with E-state index in [9.17, 15) is 0 Å². The standard InChI is InChI=1S/C48H47N4O.Pt/c1-46(2,3)32-14-12-15-35(26-32)50-31-51(44-27-33(47(4,5)6)20-23-42(44)50)36-16-13-17-37(29-36)53-38-21-22-40-39-18-10-11-19-41(39)52(43(40)30-38)45-28-34(24-25-49-45)48(7,8)9;/h10-28,31H,1-9H3;/q-3;. The third kappa shape index (κ3) is 6.95. The number of nitrogens with zero attached hydrogens (tertiary/aromatic N) is 4. The Balaban J connectivity index is 0.00000450. The van der Waals surface area contributed by atoms with E-state index in [0.717, 1.165) is 50.4 Å². The molecular weight excluding hydrogens is 844 g/mol. The Hall–Kier alpha value is -4.86. The topological polar surface area (TPSA) is 33.5 Å². The number of hydrogen-bond acceptors (Lipinski definition) is 4. The van der Waals surface area contributed by atoms with E-state index >= 15 is 0 Å². The molecule has 0 saturated heterocycles. The average molecular weight is 891 g/mol. The fraction of sp³-hybridized carbons (Fsp3) is 0.250. The summed E-state index contributed by atoms with van der Waals surface area (Å²) >= 11 is 0. The van der Waals surface area contributed by atoms with Crippen LogP contribution in [0.1, 0.15) is 79.0 Å². The van der Waals surface area contributed by atoms with Crippen LogP contribution >= 0.6 is 0 Å². The van der Waals surface area contributed by atoms with E-state index in [1.54, 1.807) is 0 Å². The van der Waals surface area contributed by atoms with Gasteiger partial charge < -0.3 is 19.1 Å². The maximum absolute atomic E-state index is 6.58. The van der Waals surface area contributed by atoms with Crippen molar-refractivity contribution in [1.29, 1.82) is 0 Å². The van der Waals surface area contributed by atoms with E-state index in [0.29, 0.717) is 11.5 Å². The van der Waals surface area contributed by atoms with Crippen LogP contribution in [0.4, 0.5) is 22.7 Å². The Morgan fingerprint density at radius 3 is 2.02 bits per heavy atom. The molecule has 3 heterocycles. The fourth-order valence-electron chi connectivity index (χ4n) is 7.08. The predicted molar refractivity (Wildman–Crippen MR) is 220 cm³/mol. The van der Waals surface area contributed by atoms with Gasteiger partial charge in [0.1, 0.15) is 5.82 Å². The molecule has 0 atom stereocenters. The zero-order valence-electron chi connectivity index (χ0n) is 32.6. The number of rotatable bonds is 5. The summed E-state index contributed by atoms with van der Waals surface area (Å²) in [5, 5.41) is 2.25. The zero-order valence-corrected chi connectivity index (χ0v) is 34.8. The molecule has 0 N–H and O–H groups in total. The van der Waals surface area contributed by atoms with Gasteiger partial charge in [-0.2, -0.15) is 12.1 Å². The summed E-state index contributed by atoms with van der Waals surface area (Å²) in [6, 6.07) is 45.8. The van der Waals surface area contributed by atoms with Gasteiger partial charge in [-0.05, 0) is 80.8 Å². The van der Waals surface area contributed by atoms with Crippen molar-refractivity contribution >= 4 is 44.6 Å². The van der Waals surface area contributed by atoms with Gasteiger partial charge in [0.05, 0.1) is 0 Å². The number of benzene rings is 5. The van der Waals surface area contributed by atoms with Gasteiger partial charge in [-0.15, -0.1) is 48.1 Å². The van der Waals surface area contributed by atoms with Gasteiger partial charge in [0.25, 0.3) is 0 Å². The van der Waals surface area contributed by atoms with Crippen molar-refractivity contribution in [2.75, 3.05) is 9.80 Å². The molecule has 1 aliphatic rings. The molecule has 8 rings (SSSR count). The first-order chi connectivity index (χ1) is 25.1. The van der Waals surface area contributed by atoms with Crippen LogP contribution in [0.15, 0.2) is 115 Å². The second kappa shape index (κ2) is 13.8. The summed E-state index contributed by atoms with van der Waals surface area (Å²) in [6.07, 6.45) is 1.90. The molecule has 0 aliphatic carbocycles. The summed E-state index contributed by atoms with van der Waals surface area (Å²) in [7, 11) is 0. The maximum Gasteiger partial charge on any atom is 0.135 e. The van der Waals surface area contributed by atoms with E-state index in [1.165, 1.54) is 16.7 Å². The van der Waals surface area contributed by atoms with Gasteiger partial charge >= 0.3 is 0 Å². The summed E-state index contributed by atoms with van der Waals surface area (Å²) in [6.45, 7) is 22.4. The van der Waals surface area contributed by atoms with Gasteiger partial charge in [-0.25, -0.2) is 4.98 Å². The van der Waals surface area contributed by atoms with Crippen molar-refractivity contribution in [3.8, 4) is 17.3 Å². The molecule has 0 bridgehead atoms. The maximum atomic E-state index is 6.58. The van der Waals surface area contributed by atoms with Crippen molar-refractivity contribution in [3.63, 3.8) is 0 Å². The second-order valence-corrected chi connectivity index (χ2v) is 17.2. The van der Waals surface area contributed by atoms with Crippen molar-refractivity contribution in [3.05, 3.63) is 151 Å². The molecule has 0 saturated carbocycles. The van der Waals surface area contributed by atoms with Gasteiger partial charge in [-0.3, -0.25) is 0 Å². The smallest absolute Gasteiger partial charge is 0.135 e. The Morgan fingerprint density at radius 1 is 0.574 bits per heavy atom. The summed E-state index contributed by atoms with van der Waals surface area (Å²) in [5.74, 6) is 2.09. The number of anilines is 4. The Morgan fingerprint density at radius 2 is 1.26 bits per heavy atom. The van der Waals surface area contributed by atoms with Crippen molar-refractivity contribution < 1.29 is 25.8 Å². The Kier molecular flexibility index (Phi) is 9.55. The molecule has 0 fully saturated rings. The van der Waals surface area contributed by atoms with Crippen LogP contribution in [-0.4, -0.2) is 9.55 Å². The first-order valence-electron chi connectivity index (χ1n) is 18.5. The minimum Gasteiger partial charge on any atom is -0.509 e. The van der Waals surface area contributed by atoms with Crippen LogP contribution in [0.5, 0.6) is 11.5 Å². The first-order valence-corrected chi connectivity index (χ1v) is 18.5. The van der Waals surface area contributed by atoms with E-state index in [1.807, 2.05) is 24.4 Å². The number of hydrogen-bond donors (Lipinski definition) is 0. The van der Waals surface area contributed by atoms with Crippen molar-refractivity contribution in [2.45, 2.75) is 78.6 Å². The van der Waals surface area contributed by atoms with E-state index in [4.69, 9.17) is 9.72 Å². The number of pyridine rings is 1. The SMILES string of the molecule is CC(C)(C)c1cccc(N2[CH-]N(c3[c-]c(Oc4[c-]c5c(cc4)c4ccccc4n5-c4cc(C(C)(C)C)ccn4)ccc3)c3cc(C(C)(C)C)ccc32)c1.[Pt]. The fourth-order valence-corrected chi connectivity index (χ4v) is 7.08. The molecule has 5 nitrogen and oxygen atoms in total. The molecule has 0 amide bonds. The van der Waals surface area contributed by atoms with Crippen molar-refractivity contribution in [1.82, 2.24) is 9.55 Å². The minimum absolute atomic E-state index is 0. The number of ether oxygens (including phenoxy) is 1. The van der Waals surface area contributed by atoms with Crippen LogP contribution in [0.25, 0.3) is 27.6 Å². The first kappa shape index (κ1) is 37.5. The molecule has 0 spiro atoms. The third-order valence-electron chi connectivity index (χ3n) is 10.2. The van der Waals surface area contributed by atoms with Crippen LogP contribution < -0.4 is 14.5 Å². The largest absolute Gasteiger partial charge is 0.509 e. The predicted octanol–water partition coefficient (Wildman–Crippen LogP) is 12.9. The number of fused-ring (bicyclic) bond motifs is 4. The average Bonchev–Trinajstić information content (AvgIpc) is 3.66. The van der Waals surface area contributed by atoms with E-state index in [-0.39, 0.29) is 37.3 Å². The Labute approximate surface area is 334 Å². The van der Waals surface area contributed by atoms with Crippen LogP contribution in [-0.2, 0) is 37.3 Å². The normalized spacial score (nSPS) is 13.4. The molecule has 7 aromatic rings. The van der Waals surface area contributed by atoms with Crippen LogP contribution in [0, 0.1) is 18.8 Å². The summed E-state index contributed by atoms with van der Waals surface area (Å²) in [4.78, 5) is 9.33. The zero-order chi connectivity index (χ0) is 37.3. The molecule has 5 aromatic carbocycles. The molecule has 278 valence electrons. The van der Waals surface area contributed by atoms with E-state index < -0.39 is 0 Å². The molecule has 54 heavy (non-hydrogen) atoms.